The van der Waals surface area contributed by atoms with Gasteiger partial charge in [0.15, 0.2) is 0 Å². The number of amides is 1. The van der Waals surface area contributed by atoms with E-state index in [1.807, 2.05) is 6.08 Å². The second-order valence-corrected chi connectivity index (χ2v) is 27.0. The zero-order valence-electron chi connectivity index (χ0n) is 57.9. The molecule has 0 aliphatic carbocycles. The van der Waals surface area contributed by atoms with Gasteiger partial charge in [0, 0.05) is 12.8 Å². The van der Waals surface area contributed by atoms with Gasteiger partial charge >= 0.3 is 5.97 Å². The number of nitrogens with one attached hydrogen (secondary N) is 1. The number of ether oxygens (including phenoxy) is 1. The molecule has 0 aromatic rings. The van der Waals surface area contributed by atoms with E-state index >= 15 is 0 Å². The van der Waals surface area contributed by atoms with Crippen LogP contribution >= 0.6 is 0 Å². The minimum atomic E-state index is -0.843. The molecule has 0 rings (SSSR count). The maximum atomic E-state index is 12.6. The molecule has 85 heavy (non-hydrogen) atoms. The minimum Gasteiger partial charge on any atom is -0.466 e. The predicted molar refractivity (Wildman–Crippen MR) is 375 cm³/mol. The van der Waals surface area contributed by atoms with Crippen molar-refractivity contribution in [3.8, 4) is 0 Å². The summed E-state index contributed by atoms with van der Waals surface area (Å²) in [5.41, 5.74) is 0. The van der Waals surface area contributed by atoms with Crippen molar-refractivity contribution >= 4 is 11.9 Å². The lowest BCUT2D eigenvalue weighted by Gasteiger charge is -2.20. The smallest absolute Gasteiger partial charge is 0.305 e. The Labute approximate surface area is 532 Å². The summed E-state index contributed by atoms with van der Waals surface area (Å²) in [6.07, 6.45) is 95.9. The molecular formula is C79H153NO5. The maximum Gasteiger partial charge on any atom is 0.305 e. The molecule has 6 heteroatoms. The number of hydrogen-bond acceptors (Lipinski definition) is 5. The number of carbonyl (C=O) groups excluding carboxylic acids is 2. The third-order valence-corrected chi connectivity index (χ3v) is 18.5. The van der Waals surface area contributed by atoms with E-state index < -0.39 is 12.1 Å². The van der Waals surface area contributed by atoms with Crippen LogP contribution in [0.2, 0.25) is 0 Å². The Bertz CT molecular complexity index is 1330. The second kappa shape index (κ2) is 74.8. The molecule has 0 bridgehead atoms. The topological polar surface area (TPSA) is 95.9 Å². The average Bonchev–Trinajstić information content (AvgIpc) is 3.51. The quantitative estimate of drug-likeness (QED) is 0.0320. The van der Waals surface area contributed by atoms with Gasteiger partial charge in [-0.05, 0) is 57.8 Å². The lowest BCUT2D eigenvalue weighted by Crippen LogP contribution is -2.45. The fourth-order valence-electron chi connectivity index (χ4n) is 12.5. The average molecular weight is 1200 g/mol. The number of aliphatic hydroxyl groups excluding tert-OH is 2. The summed E-state index contributed by atoms with van der Waals surface area (Å²) in [7, 11) is 0. The van der Waals surface area contributed by atoms with E-state index in [4.69, 9.17) is 4.74 Å². The first-order valence-electron chi connectivity index (χ1n) is 39.1. The zero-order valence-corrected chi connectivity index (χ0v) is 57.9. The lowest BCUT2D eigenvalue weighted by atomic mass is 10.0. The summed E-state index contributed by atoms with van der Waals surface area (Å²) in [4.78, 5) is 24.6. The normalized spacial score (nSPS) is 12.6. The highest BCUT2D eigenvalue weighted by molar-refractivity contribution is 5.76. The van der Waals surface area contributed by atoms with E-state index in [-0.39, 0.29) is 18.5 Å². The number of allylic oxidation sites excluding steroid dienone is 3. The largest absolute Gasteiger partial charge is 0.466 e. The Morgan fingerprint density at radius 2 is 0.553 bits per heavy atom. The van der Waals surface area contributed by atoms with Crippen molar-refractivity contribution in [2.24, 2.45) is 0 Å². The van der Waals surface area contributed by atoms with E-state index in [1.54, 1.807) is 6.08 Å². The van der Waals surface area contributed by atoms with Crippen LogP contribution in [0.25, 0.3) is 0 Å². The van der Waals surface area contributed by atoms with Gasteiger partial charge in [0.2, 0.25) is 5.91 Å². The number of hydrogen-bond donors (Lipinski definition) is 3. The van der Waals surface area contributed by atoms with E-state index in [0.717, 1.165) is 44.9 Å². The molecule has 0 aliphatic heterocycles. The minimum absolute atomic E-state index is 0.0111. The van der Waals surface area contributed by atoms with Crippen molar-refractivity contribution in [3.05, 3.63) is 24.3 Å². The van der Waals surface area contributed by atoms with Crippen LogP contribution in [0, 0.1) is 0 Å². The molecule has 6 nitrogen and oxygen atoms in total. The van der Waals surface area contributed by atoms with Crippen molar-refractivity contribution in [1.29, 1.82) is 0 Å². The predicted octanol–water partition coefficient (Wildman–Crippen LogP) is 25.7. The van der Waals surface area contributed by atoms with E-state index in [1.165, 1.54) is 372 Å². The number of unbranched alkanes of at least 4 members (excludes halogenated alkanes) is 61. The van der Waals surface area contributed by atoms with E-state index in [2.05, 4.69) is 31.3 Å². The highest BCUT2D eigenvalue weighted by Gasteiger charge is 2.18. The first-order chi connectivity index (χ1) is 42.0. The van der Waals surface area contributed by atoms with Crippen LogP contribution in [0.4, 0.5) is 0 Å². The molecule has 0 aromatic carbocycles. The maximum absolute atomic E-state index is 12.6. The van der Waals surface area contributed by atoms with Gasteiger partial charge in [-0.1, -0.05) is 398 Å². The van der Waals surface area contributed by atoms with Crippen LogP contribution in [0.5, 0.6) is 0 Å². The van der Waals surface area contributed by atoms with E-state index in [0.29, 0.717) is 19.4 Å². The van der Waals surface area contributed by atoms with Crippen LogP contribution in [-0.2, 0) is 14.3 Å². The molecule has 0 saturated carbocycles. The first kappa shape index (κ1) is 83.3. The highest BCUT2D eigenvalue weighted by Crippen LogP contribution is 2.20. The molecule has 2 unspecified atom stereocenters. The van der Waals surface area contributed by atoms with Crippen molar-refractivity contribution < 1.29 is 24.5 Å². The molecule has 504 valence electrons. The Kier molecular flexibility index (Phi) is 73.3. The van der Waals surface area contributed by atoms with Crippen molar-refractivity contribution in [2.75, 3.05) is 13.2 Å². The molecule has 0 saturated heterocycles. The molecule has 0 spiro atoms. The summed E-state index contributed by atoms with van der Waals surface area (Å²) >= 11 is 0. The molecular weight excluding hydrogens is 1040 g/mol. The number of esters is 1. The van der Waals surface area contributed by atoms with Crippen molar-refractivity contribution in [2.45, 2.75) is 456 Å². The number of rotatable bonds is 74. The number of carbonyl (C=O) groups is 2. The van der Waals surface area contributed by atoms with Gasteiger partial charge in [0.25, 0.3) is 0 Å². The highest BCUT2D eigenvalue weighted by atomic mass is 16.5. The molecule has 1 amide bonds. The Balaban J connectivity index is 3.36. The molecule has 3 N–H and O–H groups in total. The van der Waals surface area contributed by atoms with Crippen LogP contribution in [0.15, 0.2) is 24.3 Å². The van der Waals surface area contributed by atoms with Gasteiger partial charge in [-0.3, -0.25) is 9.59 Å². The van der Waals surface area contributed by atoms with Gasteiger partial charge in [-0.2, -0.15) is 0 Å². The van der Waals surface area contributed by atoms with Gasteiger partial charge in [0.1, 0.15) is 0 Å². The Morgan fingerprint density at radius 1 is 0.318 bits per heavy atom. The number of aliphatic hydroxyl groups is 2. The summed E-state index contributed by atoms with van der Waals surface area (Å²) in [5.74, 6) is -0.0473. The van der Waals surface area contributed by atoms with Crippen molar-refractivity contribution in [3.63, 3.8) is 0 Å². The lowest BCUT2D eigenvalue weighted by molar-refractivity contribution is -0.143. The first-order valence-corrected chi connectivity index (χ1v) is 39.1. The van der Waals surface area contributed by atoms with Crippen LogP contribution in [-0.4, -0.2) is 47.4 Å². The molecule has 0 fully saturated rings. The fraction of sp³-hybridized carbons (Fsp3) is 0.924. The molecule has 0 aromatic heterocycles. The van der Waals surface area contributed by atoms with Crippen LogP contribution < -0.4 is 5.32 Å². The van der Waals surface area contributed by atoms with Gasteiger partial charge in [0.05, 0.1) is 25.4 Å². The molecule has 0 aliphatic rings. The van der Waals surface area contributed by atoms with Crippen LogP contribution in [0.3, 0.4) is 0 Å². The monoisotopic (exact) mass is 1200 g/mol. The SMILES string of the molecule is CCCCC/C=C\CCCCCCCC(=O)OCCCCCCCCCCCCCCCCCCCCCCCCCCCCCCCCCC(=O)NC(CO)C(O)/C=C/CCCCCCCCCCCCCCCCCCCCCCCCC. The zero-order chi connectivity index (χ0) is 61.3. The van der Waals surface area contributed by atoms with E-state index in [9.17, 15) is 19.8 Å². The molecule has 2 atom stereocenters. The molecule has 0 radical (unpaired) electrons. The van der Waals surface area contributed by atoms with Gasteiger partial charge < -0.3 is 20.3 Å². The summed E-state index contributed by atoms with van der Waals surface area (Å²) in [6, 6.07) is -0.626. The van der Waals surface area contributed by atoms with Gasteiger partial charge in [-0.15, -0.1) is 0 Å². The van der Waals surface area contributed by atoms with Crippen molar-refractivity contribution in [1.82, 2.24) is 5.32 Å². The Hall–Kier alpha value is -1.66. The Morgan fingerprint density at radius 3 is 0.859 bits per heavy atom. The van der Waals surface area contributed by atoms with Crippen LogP contribution in [0.1, 0.15) is 444 Å². The standard InChI is InChI=1S/C79H153NO5/c1-3-5-7-9-11-13-15-17-18-19-20-21-22-30-33-36-39-42-45-48-51-55-59-63-67-71-77(82)76(75-81)80-78(83)72-68-64-60-56-52-49-46-43-40-37-34-31-28-26-24-23-25-27-29-32-35-38-41-44-47-50-54-58-62-66-70-74-85-79(84)73-69-65-61-57-53-16-14-12-10-8-6-4-2/h12,14,67,71,76-77,81-82H,3-11,13,15-66,68-70,72-75H2,1-2H3,(H,80,83)/b14-12-,71-67+. The fourth-order valence-corrected chi connectivity index (χ4v) is 12.5. The summed E-state index contributed by atoms with van der Waals surface area (Å²) in [5, 5.41) is 23.3. The summed E-state index contributed by atoms with van der Waals surface area (Å²) < 4.78 is 5.48. The second-order valence-electron chi connectivity index (χ2n) is 27.0. The summed E-state index contributed by atoms with van der Waals surface area (Å²) in [6.45, 7) is 4.93. The molecule has 0 heterocycles. The third kappa shape index (κ3) is 71.3. The third-order valence-electron chi connectivity index (χ3n) is 18.5. The van der Waals surface area contributed by atoms with Gasteiger partial charge in [-0.25, -0.2) is 0 Å².